The van der Waals surface area contributed by atoms with E-state index >= 15 is 0 Å². The monoisotopic (exact) mass is 491 g/mol. The molecule has 1 atom stereocenters. The van der Waals surface area contributed by atoms with Crippen LogP contribution in [0.1, 0.15) is 29.8 Å². The summed E-state index contributed by atoms with van der Waals surface area (Å²) in [6.07, 6.45) is 0.335. The molecule has 0 aromatic heterocycles. The number of benzene rings is 2. The second kappa shape index (κ2) is 11.3. The Labute approximate surface area is 211 Å². The minimum Gasteiger partial charge on any atom is -0.353 e. The van der Waals surface area contributed by atoms with E-state index in [1.807, 2.05) is 49.1 Å². The van der Waals surface area contributed by atoms with Crippen LogP contribution < -0.4 is 15.5 Å². The largest absolute Gasteiger partial charge is 0.353 e. The van der Waals surface area contributed by atoms with Crippen LogP contribution in [0.15, 0.2) is 54.6 Å². The van der Waals surface area contributed by atoms with Crippen LogP contribution in [-0.2, 0) is 20.8 Å². The van der Waals surface area contributed by atoms with Gasteiger partial charge in [-0.2, -0.15) is 0 Å². The van der Waals surface area contributed by atoms with E-state index in [-0.39, 0.29) is 36.2 Å². The van der Waals surface area contributed by atoms with Crippen LogP contribution in [0.2, 0.25) is 0 Å². The Balaban J connectivity index is 1.46. The number of carbonyl (C=O) groups excluding carboxylic acids is 4. The van der Waals surface area contributed by atoms with Gasteiger partial charge in [0.1, 0.15) is 12.6 Å². The van der Waals surface area contributed by atoms with Crippen molar-refractivity contribution in [2.45, 2.75) is 32.4 Å². The summed E-state index contributed by atoms with van der Waals surface area (Å²) in [5, 5.41) is 5.74. The Hall–Kier alpha value is -3.72. The first-order valence-corrected chi connectivity index (χ1v) is 12.4. The number of nitrogens with zero attached hydrogens (tertiary/aromatic N) is 3. The fraction of sp³-hybridized carbons (Fsp3) is 0.407. The van der Waals surface area contributed by atoms with Gasteiger partial charge in [0, 0.05) is 38.6 Å². The van der Waals surface area contributed by atoms with E-state index < -0.39 is 6.04 Å². The van der Waals surface area contributed by atoms with Gasteiger partial charge < -0.3 is 20.4 Å². The lowest BCUT2D eigenvalue weighted by atomic mass is 10.0. The van der Waals surface area contributed by atoms with Gasteiger partial charge >= 0.3 is 0 Å². The summed E-state index contributed by atoms with van der Waals surface area (Å²) in [5.74, 6) is -0.854. The lowest BCUT2D eigenvalue weighted by molar-refractivity contribution is -0.133. The van der Waals surface area contributed by atoms with E-state index in [0.29, 0.717) is 50.4 Å². The average molecular weight is 492 g/mol. The highest BCUT2D eigenvalue weighted by molar-refractivity contribution is 6.12. The number of anilines is 1. The lowest BCUT2D eigenvalue weighted by Crippen LogP contribution is -2.55. The molecule has 2 aliphatic heterocycles. The van der Waals surface area contributed by atoms with E-state index in [1.54, 1.807) is 29.2 Å². The Morgan fingerprint density at radius 1 is 0.944 bits per heavy atom. The Kier molecular flexibility index (Phi) is 8.00. The molecule has 0 radical (unpaired) electrons. The van der Waals surface area contributed by atoms with E-state index in [2.05, 4.69) is 10.6 Å². The van der Waals surface area contributed by atoms with Crippen LogP contribution in [0.3, 0.4) is 0 Å². The molecule has 2 aromatic carbocycles. The first-order valence-electron chi connectivity index (χ1n) is 12.4. The molecule has 4 rings (SSSR count). The summed E-state index contributed by atoms with van der Waals surface area (Å²) in [7, 11) is 0. The Morgan fingerprint density at radius 2 is 1.61 bits per heavy atom. The number of carbonyl (C=O) groups is 4. The predicted molar refractivity (Wildman–Crippen MR) is 136 cm³/mol. The van der Waals surface area contributed by atoms with Crippen molar-refractivity contribution in [1.82, 2.24) is 20.4 Å². The number of piperazine rings is 1. The molecule has 190 valence electrons. The third-order valence-corrected chi connectivity index (χ3v) is 6.43. The Morgan fingerprint density at radius 3 is 2.31 bits per heavy atom. The normalized spacial score (nSPS) is 18.5. The number of nitrogens with one attached hydrogen (secondary N) is 2. The summed E-state index contributed by atoms with van der Waals surface area (Å²) < 4.78 is 0. The van der Waals surface area contributed by atoms with Crippen molar-refractivity contribution in [2.75, 3.05) is 44.2 Å². The molecule has 9 nitrogen and oxygen atoms in total. The van der Waals surface area contributed by atoms with E-state index in [0.717, 1.165) is 5.56 Å². The zero-order chi connectivity index (χ0) is 25.7. The maximum absolute atomic E-state index is 13.6. The van der Waals surface area contributed by atoms with E-state index in [1.165, 1.54) is 4.90 Å². The first kappa shape index (κ1) is 25.4. The lowest BCUT2D eigenvalue weighted by Gasteiger charge is -2.35. The van der Waals surface area contributed by atoms with Gasteiger partial charge in [0.2, 0.25) is 17.7 Å². The third-order valence-electron chi connectivity index (χ3n) is 6.43. The van der Waals surface area contributed by atoms with Gasteiger partial charge in [-0.05, 0) is 31.5 Å². The van der Waals surface area contributed by atoms with Crippen molar-refractivity contribution in [1.29, 1.82) is 0 Å². The second-order valence-electron chi connectivity index (χ2n) is 9.54. The molecule has 36 heavy (non-hydrogen) atoms. The zero-order valence-electron chi connectivity index (χ0n) is 20.8. The predicted octanol–water partition coefficient (Wildman–Crippen LogP) is 1.04. The summed E-state index contributed by atoms with van der Waals surface area (Å²) >= 11 is 0. The van der Waals surface area contributed by atoms with Gasteiger partial charge in [-0.1, -0.05) is 42.5 Å². The first-order chi connectivity index (χ1) is 17.3. The topological polar surface area (TPSA) is 102 Å². The third kappa shape index (κ3) is 6.09. The van der Waals surface area contributed by atoms with Crippen molar-refractivity contribution in [2.24, 2.45) is 0 Å². The number of rotatable bonds is 7. The highest BCUT2D eigenvalue weighted by Gasteiger charge is 2.35. The van der Waals surface area contributed by atoms with Crippen molar-refractivity contribution < 1.29 is 19.2 Å². The van der Waals surface area contributed by atoms with Gasteiger partial charge in [0.15, 0.2) is 0 Å². The van der Waals surface area contributed by atoms with Crippen LogP contribution in [0, 0.1) is 0 Å². The van der Waals surface area contributed by atoms with Crippen LogP contribution in [0.25, 0.3) is 0 Å². The molecule has 2 heterocycles. The second-order valence-corrected chi connectivity index (χ2v) is 9.54. The number of hydrogen-bond donors (Lipinski definition) is 2. The molecule has 4 amide bonds. The van der Waals surface area contributed by atoms with Crippen LogP contribution in [0.5, 0.6) is 0 Å². The summed E-state index contributed by atoms with van der Waals surface area (Å²) in [6.45, 7) is 6.10. The highest BCUT2D eigenvalue weighted by atomic mass is 16.2. The SMILES string of the molecule is CC(C)NC(=O)CN1CCN(C(=O)CN2C(=O)[C@H](Cc3ccccc3)NC(=O)c3ccccc32)CC1. The van der Waals surface area contributed by atoms with E-state index in [9.17, 15) is 19.2 Å². The molecule has 0 aliphatic carbocycles. The molecule has 0 unspecified atom stereocenters. The molecule has 1 fully saturated rings. The number of fused-ring (bicyclic) bond motifs is 1. The quantitative estimate of drug-likeness (QED) is 0.603. The average Bonchev–Trinajstić information content (AvgIpc) is 2.95. The minimum atomic E-state index is -0.781. The standard InChI is InChI=1S/C27H33N5O4/c1-19(2)28-24(33)17-30-12-14-31(15-13-30)25(34)18-32-23-11-7-6-10-21(23)26(35)29-22(27(32)36)16-20-8-4-3-5-9-20/h3-11,19,22H,12-18H2,1-2H3,(H,28,33)(H,29,35)/t22-/m0/s1. The van der Waals surface area contributed by atoms with Gasteiger partial charge in [0.05, 0.1) is 17.8 Å². The summed E-state index contributed by atoms with van der Waals surface area (Å²) in [5.41, 5.74) is 1.73. The molecule has 2 aromatic rings. The van der Waals surface area contributed by atoms with E-state index in [4.69, 9.17) is 0 Å². The van der Waals surface area contributed by atoms with Gasteiger partial charge in [-0.25, -0.2) is 0 Å². The molecule has 0 spiro atoms. The molecule has 2 N–H and O–H groups in total. The van der Waals surface area contributed by atoms with Crippen molar-refractivity contribution in [3.8, 4) is 0 Å². The molecular weight excluding hydrogens is 458 g/mol. The van der Waals surface area contributed by atoms with Crippen molar-refractivity contribution >= 4 is 29.3 Å². The Bertz CT molecular complexity index is 1110. The summed E-state index contributed by atoms with van der Waals surface area (Å²) in [6, 6.07) is 15.7. The fourth-order valence-corrected chi connectivity index (χ4v) is 4.62. The number of hydrogen-bond acceptors (Lipinski definition) is 5. The smallest absolute Gasteiger partial charge is 0.254 e. The number of amides is 4. The molecular formula is C27H33N5O4. The van der Waals surface area contributed by atoms with Crippen molar-refractivity contribution in [3.05, 3.63) is 65.7 Å². The highest BCUT2D eigenvalue weighted by Crippen LogP contribution is 2.25. The molecule has 1 saturated heterocycles. The van der Waals surface area contributed by atoms with Gasteiger partial charge in [-0.15, -0.1) is 0 Å². The van der Waals surface area contributed by atoms with Crippen LogP contribution in [0.4, 0.5) is 5.69 Å². The van der Waals surface area contributed by atoms with Crippen LogP contribution >= 0.6 is 0 Å². The summed E-state index contributed by atoms with van der Waals surface area (Å²) in [4.78, 5) is 57.1. The maximum Gasteiger partial charge on any atom is 0.254 e. The van der Waals surface area contributed by atoms with Crippen molar-refractivity contribution in [3.63, 3.8) is 0 Å². The van der Waals surface area contributed by atoms with Crippen LogP contribution in [-0.4, -0.2) is 84.8 Å². The molecule has 0 saturated carbocycles. The fourth-order valence-electron chi connectivity index (χ4n) is 4.62. The van der Waals surface area contributed by atoms with Gasteiger partial charge in [-0.3, -0.25) is 24.1 Å². The zero-order valence-corrected chi connectivity index (χ0v) is 20.8. The van der Waals surface area contributed by atoms with Gasteiger partial charge in [0.25, 0.3) is 5.91 Å². The molecule has 2 aliphatic rings. The minimum absolute atomic E-state index is 0.0295. The maximum atomic E-state index is 13.6. The number of para-hydroxylation sites is 1. The molecule has 0 bridgehead atoms. The molecule has 9 heteroatoms.